The van der Waals surface area contributed by atoms with Gasteiger partial charge in [-0.2, -0.15) is 0 Å². The van der Waals surface area contributed by atoms with E-state index in [1.165, 1.54) is 24.3 Å². The van der Waals surface area contributed by atoms with Crippen molar-refractivity contribution in [2.45, 2.75) is 0 Å². The van der Waals surface area contributed by atoms with Crippen LogP contribution in [0.25, 0.3) is 55.0 Å². The van der Waals surface area contributed by atoms with Crippen molar-refractivity contribution in [1.82, 2.24) is 0 Å². The lowest BCUT2D eigenvalue weighted by Crippen LogP contribution is -2.10. The number of furan rings is 2. The first-order valence-corrected chi connectivity index (χ1v) is 17.7. The van der Waals surface area contributed by atoms with Crippen molar-refractivity contribution in [3.8, 4) is 11.1 Å². The molecule has 258 valence electrons. The quantitative estimate of drug-likeness (QED) is 0.165. The van der Waals surface area contributed by atoms with Gasteiger partial charge in [-0.15, -0.1) is 0 Å². The molecule has 0 aliphatic carbocycles. The van der Waals surface area contributed by atoms with E-state index in [1.54, 1.807) is 24.3 Å². The Morgan fingerprint density at radius 1 is 0.296 bits per heavy atom. The summed E-state index contributed by atoms with van der Waals surface area (Å²) in [5.41, 5.74) is 10.8. The van der Waals surface area contributed by atoms with Crippen LogP contribution in [0.15, 0.2) is 191 Å². The standard InChI is InChI=1S/C48H30F2N2O2/c49-33-13-21-37(22-14-33)51(39-25-27-47-43(29-39)41-5-1-3-7-45(41)53-47)35-17-9-31(10-18-35)32-11-19-36(20-12-32)52(38-23-15-34(50)16-24-38)40-26-28-48-44(30-40)42-6-2-4-8-46(42)54-48/h1-30H. The van der Waals surface area contributed by atoms with Crippen LogP contribution in [0.1, 0.15) is 0 Å². The number of anilines is 6. The van der Waals surface area contributed by atoms with Crippen LogP contribution >= 0.6 is 0 Å². The largest absolute Gasteiger partial charge is 0.456 e. The highest BCUT2D eigenvalue weighted by Crippen LogP contribution is 2.41. The maximum Gasteiger partial charge on any atom is 0.135 e. The first kappa shape index (κ1) is 31.5. The van der Waals surface area contributed by atoms with E-state index in [0.29, 0.717) is 0 Å². The molecule has 0 fully saturated rings. The first-order chi connectivity index (χ1) is 26.6. The summed E-state index contributed by atoms with van der Waals surface area (Å²) >= 11 is 0. The summed E-state index contributed by atoms with van der Waals surface area (Å²) in [6, 6.07) is 58.1. The second-order valence-electron chi connectivity index (χ2n) is 13.3. The number of nitrogens with zero attached hydrogens (tertiary/aromatic N) is 2. The molecule has 54 heavy (non-hydrogen) atoms. The third-order valence-electron chi connectivity index (χ3n) is 9.99. The predicted molar refractivity (Wildman–Crippen MR) is 216 cm³/mol. The van der Waals surface area contributed by atoms with Crippen molar-refractivity contribution in [3.05, 3.63) is 194 Å². The average molecular weight is 705 g/mol. The van der Waals surface area contributed by atoms with Crippen LogP contribution in [0.2, 0.25) is 0 Å². The predicted octanol–water partition coefficient (Wildman–Crippen LogP) is 14.4. The zero-order valence-corrected chi connectivity index (χ0v) is 28.8. The minimum absolute atomic E-state index is 0.290. The Hall–Kier alpha value is -7.18. The molecule has 0 saturated carbocycles. The Labute approximate surface area is 309 Å². The Balaban J connectivity index is 1.01. The minimum atomic E-state index is -0.290. The summed E-state index contributed by atoms with van der Waals surface area (Å²) in [7, 11) is 0. The first-order valence-electron chi connectivity index (χ1n) is 17.7. The molecule has 10 rings (SSSR count). The second-order valence-corrected chi connectivity index (χ2v) is 13.3. The van der Waals surface area contributed by atoms with Gasteiger partial charge in [-0.1, -0.05) is 60.7 Å². The molecule has 0 bridgehead atoms. The fraction of sp³-hybridized carbons (Fsp3) is 0. The molecule has 0 aliphatic rings. The molecule has 0 N–H and O–H groups in total. The summed E-state index contributed by atoms with van der Waals surface area (Å²) in [5, 5.41) is 4.11. The monoisotopic (exact) mass is 704 g/mol. The van der Waals surface area contributed by atoms with Gasteiger partial charge >= 0.3 is 0 Å². The lowest BCUT2D eigenvalue weighted by atomic mass is 10.0. The second kappa shape index (κ2) is 12.8. The number of benzene rings is 8. The molecule has 0 amide bonds. The number of halogens is 2. The highest BCUT2D eigenvalue weighted by molar-refractivity contribution is 6.07. The fourth-order valence-corrected chi connectivity index (χ4v) is 7.39. The summed E-state index contributed by atoms with van der Waals surface area (Å²) in [5.74, 6) is -0.579. The van der Waals surface area contributed by atoms with Crippen molar-refractivity contribution >= 4 is 78.0 Å². The fourth-order valence-electron chi connectivity index (χ4n) is 7.39. The van der Waals surface area contributed by atoms with Crippen molar-refractivity contribution < 1.29 is 17.6 Å². The smallest absolute Gasteiger partial charge is 0.135 e. The number of hydrogen-bond donors (Lipinski definition) is 0. The molecule has 6 heteroatoms. The highest BCUT2D eigenvalue weighted by atomic mass is 19.1. The average Bonchev–Trinajstić information content (AvgIpc) is 3.78. The van der Waals surface area contributed by atoms with Crippen LogP contribution in [0.5, 0.6) is 0 Å². The van der Waals surface area contributed by atoms with Crippen molar-refractivity contribution in [3.63, 3.8) is 0 Å². The van der Waals surface area contributed by atoms with Crippen molar-refractivity contribution in [2.75, 3.05) is 9.80 Å². The molecule has 8 aromatic carbocycles. The van der Waals surface area contributed by atoms with Crippen LogP contribution < -0.4 is 9.80 Å². The van der Waals surface area contributed by atoms with Crippen molar-refractivity contribution in [1.29, 1.82) is 0 Å². The SMILES string of the molecule is Fc1ccc(N(c2ccc(-c3ccc(N(c4ccc(F)cc4)c4ccc5oc6ccccc6c5c4)cc3)cc2)c2ccc3oc4ccccc4c3c2)cc1. The van der Waals surface area contributed by atoms with Gasteiger partial charge in [0.25, 0.3) is 0 Å². The molecule has 0 radical (unpaired) electrons. The van der Waals surface area contributed by atoms with E-state index in [1.807, 2.05) is 60.7 Å². The lowest BCUT2D eigenvalue weighted by molar-refractivity contribution is 0.627. The third kappa shape index (κ3) is 5.52. The molecular weight excluding hydrogens is 675 g/mol. The van der Waals surface area contributed by atoms with Crippen LogP contribution in [0, 0.1) is 11.6 Å². The van der Waals surface area contributed by atoms with E-state index >= 15 is 0 Å². The molecule has 10 aromatic rings. The van der Waals surface area contributed by atoms with Gasteiger partial charge in [-0.25, -0.2) is 8.78 Å². The van der Waals surface area contributed by atoms with Crippen molar-refractivity contribution in [2.24, 2.45) is 0 Å². The summed E-state index contributed by atoms with van der Waals surface area (Å²) in [6.45, 7) is 0. The zero-order valence-electron chi connectivity index (χ0n) is 28.8. The van der Waals surface area contributed by atoms with E-state index in [4.69, 9.17) is 8.83 Å². The minimum Gasteiger partial charge on any atom is -0.456 e. The van der Waals surface area contributed by atoms with Gasteiger partial charge in [0.2, 0.25) is 0 Å². The summed E-state index contributed by atoms with van der Waals surface area (Å²) < 4.78 is 40.3. The highest BCUT2D eigenvalue weighted by Gasteiger charge is 2.18. The van der Waals surface area contributed by atoms with Gasteiger partial charge in [0.05, 0.1) is 0 Å². The van der Waals surface area contributed by atoms with E-state index in [9.17, 15) is 8.78 Å². The maximum absolute atomic E-state index is 14.1. The number of rotatable bonds is 7. The maximum atomic E-state index is 14.1. The van der Waals surface area contributed by atoms with Gasteiger partial charge in [-0.05, 0) is 132 Å². The molecule has 0 saturated heterocycles. The topological polar surface area (TPSA) is 32.8 Å². The summed E-state index contributed by atoms with van der Waals surface area (Å²) in [6.07, 6.45) is 0. The zero-order chi connectivity index (χ0) is 36.2. The van der Waals surface area contributed by atoms with Gasteiger partial charge in [0.15, 0.2) is 0 Å². The van der Waals surface area contributed by atoms with Crippen LogP contribution in [0.3, 0.4) is 0 Å². The van der Waals surface area contributed by atoms with Gasteiger partial charge in [-0.3, -0.25) is 0 Å². The Bertz CT molecular complexity index is 2740. The molecule has 2 heterocycles. The Kier molecular flexibility index (Phi) is 7.47. The van der Waals surface area contributed by atoms with E-state index < -0.39 is 0 Å². The van der Waals surface area contributed by atoms with Gasteiger partial charge in [0, 0.05) is 55.7 Å². The van der Waals surface area contributed by atoms with E-state index in [2.05, 4.69) is 82.6 Å². The van der Waals surface area contributed by atoms with E-state index in [-0.39, 0.29) is 11.6 Å². The van der Waals surface area contributed by atoms with Gasteiger partial charge < -0.3 is 18.6 Å². The number of hydrogen-bond acceptors (Lipinski definition) is 4. The Morgan fingerprint density at radius 3 is 1.00 bits per heavy atom. The molecule has 4 nitrogen and oxygen atoms in total. The lowest BCUT2D eigenvalue weighted by Gasteiger charge is -2.26. The molecule has 0 unspecified atom stereocenters. The molecule has 0 spiro atoms. The number of fused-ring (bicyclic) bond motifs is 6. The summed E-state index contributed by atoms with van der Waals surface area (Å²) in [4.78, 5) is 4.24. The molecule has 2 aromatic heterocycles. The third-order valence-corrected chi connectivity index (χ3v) is 9.99. The normalized spacial score (nSPS) is 11.5. The van der Waals surface area contributed by atoms with Crippen LogP contribution in [0.4, 0.5) is 42.9 Å². The molecule has 0 aliphatic heterocycles. The van der Waals surface area contributed by atoms with Gasteiger partial charge in [0.1, 0.15) is 34.0 Å². The van der Waals surface area contributed by atoms with E-state index in [0.717, 1.165) is 89.1 Å². The molecular formula is C48H30F2N2O2. The molecule has 0 atom stereocenters. The van der Waals surface area contributed by atoms with Crippen LogP contribution in [-0.4, -0.2) is 0 Å². The van der Waals surface area contributed by atoms with Crippen LogP contribution in [-0.2, 0) is 0 Å². The Morgan fingerprint density at radius 2 is 0.611 bits per heavy atom. The number of para-hydroxylation sites is 2.